The van der Waals surface area contributed by atoms with Gasteiger partial charge in [0.2, 0.25) is 4.21 Å². The van der Waals surface area contributed by atoms with Crippen LogP contribution in [0.4, 0.5) is 5.69 Å². The van der Waals surface area contributed by atoms with Crippen LogP contribution in [0.15, 0.2) is 58.0 Å². The second-order valence-corrected chi connectivity index (χ2v) is 9.30. The van der Waals surface area contributed by atoms with Crippen molar-refractivity contribution in [2.45, 2.75) is 30.9 Å². The van der Waals surface area contributed by atoms with E-state index in [0.717, 1.165) is 45.6 Å². The van der Waals surface area contributed by atoms with Gasteiger partial charge in [0.25, 0.3) is 0 Å². The topological polar surface area (TPSA) is 87.2 Å². The lowest BCUT2D eigenvalue weighted by Crippen LogP contribution is -2.06. The average molecular weight is 425 g/mol. The molecule has 2 N–H and O–H groups in total. The quantitative estimate of drug-likeness (QED) is 0.295. The van der Waals surface area contributed by atoms with E-state index < -0.39 is 11.2 Å². The SMILES string of the molecule is C=N/C=C\C=C(/C)c1cc(-c2ccccn2)c2c(N)c([S@@+]([O-])CCCC)sc2n1. The highest BCUT2D eigenvalue weighted by Crippen LogP contribution is 2.42. The van der Waals surface area contributed by atoms with Crippen molar-refractivity contribution < 1.29 is 4.55 Å². The summed E-state index contributed by atoms with van der Waals surface area (Å²) in [6.45, 7) is 7.52. The summed E-state index contributed by atoms with van der Waals surface area (Å²) in [4.78, 5) is 13.8. The molecule has 0 fully saturated rings. The van der Waals surface area contributed by atoms with Gasteiger partial charge in [-0.3, -0.25) is 9.98 Å². The van der Waals surface area contributed by atoms with Crippen LogP contribution in [0.1, 0.15) is 32.4 Å². The van der Waals surface area contributed by atoms with E-state index in [1.165, 1.54) is 11.3 Å². The van der Waals surface area contributed by atoms with Gasteiger partial charge in [-0.2, -0.15) is 0 Å². The highest BCUT2D eigenvalue weighted by Gasteiger charge is 2.24. The molecule has 3 rings (SSSR count). The zero-order valence-corrected chi connectivity index (χ0v) is 18.2. The molecule has 0 aliphatic heterocycles. The second kappa shape index (κ2) is 9.82. The summed E-state index contributed by atoms with van der Waals surface area (Å²) in [6, 6.07) is 7.76. The van der Waals surface area contributed by atoms with Gasteiger partial charge in [-0.05, 0) is 61.1 Å². The van der Waals surface area contributed by atoms with Crippen molar-refractivity contribution >= 4 is 50.7 Å². The van der Waals surface area contributed by atoms with Crippen molar-refractivity contribution in [3.63, 3.8) is 0 Å². The Morgan fingerprint density at radius 1 is 1.41 bits per heavy atom. The highest BCUT2D eigenvalue weighted by molar-refractivity contribution is 7.93. The van der Waals surface area contributed by atoms with E-state index in [9.17, 15) is 4.55 Å². The summed E-state index contributed by atoms with van der Waals surface area (Å²) >= 11 is 0.286. The third-order valence-electron chi connectivity index (χ3n) is 4.44. The fraction of sp³-hybridized carbons (Fsp3) is 0.227. The molecule has 0 spiro atoms. The highest BCUT2D eigenvalue weighted by atomic mass is 32.2. The predicted octanol–water partition coefficient (Wildman–Crippen LogP) is 5.47. The van der Waals surface area contributed by atoms with Crippen LogP contribution in [0.25, 0.3) is 27.0 Å². The summed E-state index contributed by atoms with van der Waals surface area (Å²) < 4.78 is 13.5. The number of pyridine rings is 2. The maximum Gasteiger partial charge on any atom is 0.232 e. The van der Waals surface area contributed by atoms with Gasteiger partial charge >= 0.3 is 0 Å². The Hall–Kier alpha value is -2.48. The zero-order valence-electron chi connectivity index (χ0n) is 16.6. The molecule has 29 heavy (non-hydrogen) atoms. The van der Waals surface area contributed by atoms with Gasteiger partial charge in [0.15, 0.2) is 0 Å². The van der Waals surface area contributed by atoms with Gasteiger partial charge in [0.1, 0.15) is 16.3 Å². The minimum Gasteiger partial charge on any atom is -0.611 e. The summed E-state index contributed by atoms with van der Waals surface area (Å²) in [6.07, 6.45) is 9.03. The number of nitrogens with zero attached hydrogens (tertiary/aromatic N) is 3. The Bertz CT molecular complexity index is 1060. The number of anilines is 1. The third-order valence-corrected chi connectivity index (χ3v) is 7.43. The van der Waals surface area contributed by atoms with Crippen LogP contribution in [0, 0.1) is 0 Å². The molecule has 0 aliphatic carbocycles. The van der Waals surface area contributed by atoms with Crippen LogP contribution < -0.4 is 5.73 Å². The van der Waals surface area contributed by atoms with E-state index in [2.05, 4.69) is 23.6 Å². The average Bonchev–Trinajstić information content (AvgIpc) is 3.08. The fourth-order valence-electron chi connectivity index (χ4n) is 2.90. The number of nitrogen functional groups attached to an aromatic ring is 1. The standard InChI is InChI=1S/C22H24N4OS2/c1-4-5-13-29(27)22-20(23)19-16(17-10-6-7-12-25-17)14-18(26-21(19)28-22)15(2)9-8-11-24-3/h6-12,14H,3-5,13,23H2,1-2H3/b11-8-,15-9+/t29-/m0/s1. The lowest BCUT2D eigenvalue weighted by Gasteiger charge is -2.09. The van der Waals surface area contributed by atoms with Crippen molar-refractivity contribution in [2.24, 2.45) is 4.99 Å². The van der Waals surface area contributed by atoms with Crippen LogP contribution in [0.5, 0.6) is 0 Å². The van der Waals surface area contributed by atoms with Crippen molar-refractivity contribution in [3.05, 3.63) is 54.5 Å². The number of rotatable bonds is 8. The van der Waals surface area contributed by atoms with Crippen molar-refractivity contribution in [1.29, 1.82) is 0 Å². The molecule has 5 nitrogen and oxygen atoms in total. The van der Waals surface area contributed by atoms with E-state index in [1.807, 2.05) is 43.3 Å². The van der Waals surface area contributed by atoms with Crippen molar-refractivity contribution in [2.75, 3.05) is 11.5 Å². The molecule has 3 aromatic heterocycles. The monoisotopic (exact) mass is 424 g/mol. The summed E-state index contributed by atoms with van der Waals surface area (Å²) in [5.74, 6) is 0.609. The number of allylic oxidation sites excluding steroid dienone is 3. The Morgan fingerprint density at radius 3 is 2.93 bits per heavy atom. The summed E-state index contributed by atoms with van der Waals surface area (Å²) in [5, 5.41) is 0.827. The molecule has 0 bridgehead atoms. The molecule has 150 valence electrons. The largest absolute Gasteiger partial charge is 0.611 e. The van der Waals surface area contributed by atoms with Gasteiger partial charge in [0.05, 0.1) is 11.4 Å². The molecule has 0 amide bonds. The molecule has 3 heterocycles. The lowest BCUT2D eigenvalue weighted by molar-refractivity contribution is 0.594. The van der Waals surface area contributed by atoms with Crippen LogP contribution in [-0.2, 0) is 11.2 Å². The van der Waals surface area contributed by atoms with E-state index in [-0.39, 0.29) is 0 Å². The molecular formula is C22H24N4OS2. The van der Waals surface area contributed by atoms with Gasteiger partial charge in [-0.1, -0.05) is 36.8 Å². The first-order valence-electron chi connectivity index (χ1n) is 9.39. The number of thiophene rings is 1. The first-order valence-corrected chi connectivity index (χ1v) is 11.5. The molecule has 3 aromatic rings. The number of aliphatic imine (C=N–C) groups is 1. The maximum atomic E-state index is 12.8. The third kappa shape index (κ3) is 4.75. The van der Waals surface area contributed by atoms with Crippen LogP contribution >= 0.6 is 11.3 Å². The Kier molecular flexibility index (Phi) is 7.19. The molecular weight excluding hydrogens is 400 g/mol. The van der Waals surface area contributed by atoms with E-state index >= 15 is 0 Å². The summed E-state index contributed by atoms with van der Waals surface area (Å²) in [7, 11) is 0. The number of hydrogen-bond acceptors (Lipinski definition) is 6. The first-order chi connectivity index (χ1) is 14.1. The molecule has 0 saturated carbocycles. The first kappa shape index (κ1) is 21.2. The van der Waals surface area contributed by atoms with E-state index in [0.29, 0.717) is 15.6 Å². The Labute approximate surface area is 178 Å². The van der Waals surface area contributed by atoms with Crippen LogP contribution in [-0.4, -0.2) is 27.0 Å². The van der Waals surface area contributed by atoms with Crippen LogP contribution in [0.3, 0.4) is 0 Å². The van der Waals surface area contributed by atoms with Crippen LogP contribution in [0.2, 0.25) is 0 Å². The van der Waals surface area contributed by atoms with Crippen molar-refractivity contribution in [3.8, 4) is 11.3 Å². The van der Waals surface area contributed by atoms with Gasteiger partial charge in [-0.25, -0.2) is 4.98 Å². The molecule has 7 heteroatoms. The number of hydrogen-bond donors (Lipinski definition) is 1. The zero-order chi connectivity index (χ0) is 20.8. The number of fused-ring (bicyclic) bond motifs is 1. The molecule has 0 radical (unpaired) electrons. The molecule has 0 aliphatic rings. The second-order valence-electron chi connectivity index (χ2n) is 6.53. The Morgan fingerprint density at radius 2 is 2.24 bits per heavy atom. The van der Waals surface area contributed by atoms with E-state index in [4.69, 9.17) is 10.7 Å². The number of unbranched alkanes of at least 4 members (excludes halogenated alkanes) is 1. The minimum atomic E-state index is -1.13. The molecule has 0 aromatic carbocycles. The van der Waals surface area contributed by atoms with Gasteiger partial charge < -0.3 is 10.3 Å². The van der Waals surface area contributed by atoms with Crippen molar-refractivity contribution in [1.82, 2.24) is 9.97 Å². The number of aromatic nitrogens is 2. The fourth-order valence-corrected chi connectivity index (χ4v) is 5.69. The minimum absolute atomic E-state index is 0.552. The normalized spacial score (nSPS) is 13.3. The predicted molar refractivity (Wildman–Crippen MR) is 126 cm³/mol. The van der Waals surface area contributed by atoms with E-state index in [1.54, 1.807) is 12.4 Å². The Balaban J connectivity index is 2.20. The maximum absolute atomic E-state index is 12.8. The summed E-state index contributed by atoms with van der Waals surface area (Å²) in [5.41, 5.74) is 10.5. The van der Waals surface area contributed by atoms with Gasteiger partial charge in [-0.15, -0.1) is 0 Å². The molecule has 0 saturated heterocycles. The lowest BCUT2D eigenvalue weighted by atomic mass is 10.0. The molecule has 0 unspecified atom stereocenters. The van der Waals surface area contributed by atoms with Gasteiger partial charge in [0, 0.05) is 23.3 Å². The smallest absolute Gasteiger partial charge is 0.232 e. The molecule has 1 atom stereocenters. The number of nitrogens with two attached hydrogens (primary N) is 1.